The fourth-order valence-electron chi connectivity index (χ4n) is 3.00. The lowest BCUT2D eigenvalue weighted by Crippen LogP contribution is -2.38. The van der Waals surface area contributed by atoms with Crippen molar-refractivity contribution >= 4 is 18.0 Å². The smallest absolute Gasteiger partial charge is 0.419 e. The van der Waals surface area contributed by atoms with Gasteiger partial charge in [0.1, 0.15) is 19.0 Å². The summed E-state index contributed by atoms with van der Waals surface area (Å²) in [6.07, 6.45) is 1.17. The number of ether oxygens (including phenoxy) is 3. The van der Waals surface area contributed by atoms with Gasteiger partial charge in [0.05, 0.1) is 6.61 Å². The molecule has 0 heterocycles. The summed E-state index contributed by atoms with van der Waals surface area (Å²) in [6.45, 7) is 3.32. The van der Waals surface area contributed by atoms with Gasteiger partial charge in [-0.3, -0.25) is 4.79 Å². The molecule has 0 saturated heterocycles. The van der Waals surface area contributed by atoms with Crippen molar-refractivity contribution in [2.75, 3.05) is 19.8 Å². The van der Waals surface area contributed by atoms with E-state index in [1.807, 2.05) is 67.6 Å². The van der Waals surface area contributed by atoms with E-state index in [-0.39, 0.29) is 25.5 Å². The number of carbonyl (C=O) groups is 3. The Kier molecular flexibility index (Phi) is 12.3. The third-order valence-corrected chi connectivity index (χ3v) is 4.81. The molecule has 0 bridgehead atoms. The lowest BCUT2D eigenvalue weighted by molar-refractivity contribution is -0.120. The first kappa shape index (κ1) is 26.1. The predicted octanol–water partition coefficient (Wildman–Crippen LogP) is 5.52. The van der Waals surface area contributed by atoms with Crippen LogP contribution in [0.15, 0.2) is 60.7 Å². The molecule has 2 amide bonds. The van der Waals surface area contributed by atoms with Crippen LogP contribution >= 0.6 is 0 Å². The highest BCUT2D eigenvalue weighted by atomic mass is 16.6. The highest BCUT2D eigenvalue weighted by Gasteiger charge is 2.24. The zero-order chi connectivity index (χ0) is 23.7. The summed E-state index contributed by atoms with van der Waals surface area (Å²) < 4.78 is 16.0. The average Bonchev–Trinajstić information content (AvgIpc) is 2.85. The molecule has 33 heavy (non-hydrogen) atoms. The van der Waals surface area contributed by atoms with Gasteiger partial charge in [-0.25, -0.2) is 14.5 Å². The standard InChI is InChI=1S/C26H33NO6/c1-2-18-31-19-16-24(28)15-9-10-17-27(25(29)32-20-22-11-5-3-6-12-22)26(30)33-21-23-13-7-4-8-14-23/h3-8,11-14H,2,9-10,15-21H2,1H3. The van der Waals surface area contributed by atoms with E-state index in [1.165, 1.54) is 0 Å². The number of carbonyl (C=O) groups excluding carboxylic acids is 3. The molecule has 0 fully saturated rings. The van der Waals surface area contributed by atoms with Crippen LogP contribution in [0.25, 0.3) is 0 Å². The third kappa shape index (κ3) is 10.8. The summed E-state index contributed by atoms with van der Waals surface area (Å²) in [5, 5.41) is 0. The Morgan fingerprint density at radius 2 is 1.27 bits per heavy atom. The molecule has 0 unspecified atom stereocenters. The van der Waals surface area contributed by atoms with Crippen molar-refractivity contribution in [1.82, 2.24) is 4.90 Å². The lowest BCUT2D eigenvalue weighted by Gasteiger charge is -2.20. The molecule has 2 rings (SSSR count). The lowest BCUT2D eigenvalue weighted by atomic mass is 10.1. The number of amides is 2. The number of imide groups is 1. The molecule has 0 aliphatic rings. The zero-order valence-corrected chi connectivity index (χ0v) is 19.2. The van der Waals surface area contributed by atoms with Crippen molar-refractivity contribution in [2.24, 2.45) is 0 Å². The summed E-state index contributed by atoms with van der Waals surface area (Å²) in [6, 6.07) is 18.5. The van der Waals surface area contributed by atoms with Crippen molar-refractivity contribution in [1.29, 1.82) is 0 Å². The van der Waals surface area contributed by atoms with Crippen LogP contribution < -0.4 is 0 Å². The van der Waals surface area contributed by atoms with E-state index < -0.39 is 12.2 Å². The average molecular weight is 456 g/mol. The largest absolute Gasteiger partial charge is 0.444 e. The number of hydrogen-bond donors (Lipinski definition) is 0. The summed E-state index contributed by atoms with van der Waals surface area (Å²) in [5.74, 6) is 0.107. The van der Waals surface area contributed by atoms with Gasteiger partial charge in [-0.05, 0) is 30.4 Å². The van der Waals surface area contributed by atoms with Crippen molar-refractivity contribution in [2.45, 2.75) is 52.2 Å². The molecule has 178 valence electrons. The fraction of sp³-hybridized carbons (Fsp3) is 0.423. The number of ketones is 1. The van der Waals surface area contributed by atoms with Crippen LogP contribution in [-0.2, 0) is 32.2 Å². The second-order valence-corrected chi connectivity index (χ2v) is 7.59. The Labute approximate surface area is 195 Å². The molecule has 2 aromatic rings. The molecule has 7 nitrogen and oxygen atoms in total. The first-order valence-electron chi connectivity index (χ1n) is 11.4. The molecule has 0 N–H and O–H groups in total. The van der Waals surface area contributed by atoms with Crippen LogP contribution in [0.5, 0.6) is 0 Å². The van der Waals surface area contributed by atoms with Crippen molar-refractivity contribution in [3.05, 3.63) is 71.8 Å². The molecule has 0 saturated carbocycles. The van der Waals surface area contributed by atoms with Gasteiger partial charge in [-0.1, -0.05) is 67.6 Å². The minimum absolute atomic E-state index is 0.0540. The minimum atomic E-state index is -0.767. The summed E-state index contributed by atoms with van der Waals surface area (Å²) in [4.78, 5) is 38.2. The van der Waals surface area contributed by atoms with E-state index in [2.05, 4.69) is 0 Å². The molecule has 0 aliphatic heterocycles. The molecule has 0 radical (unpaired) electrons. The quantitative estimate of drug-likeness (QED) is 0.349. The number of nitrogens with zero attached hydrogens (tertiary/aromatic N) is 1. The third-order valence-electron chi connectivity index (χ3n) is 4.81. The Morgan fingerprint density at radius 3 is 1.79 bits per heavy atom. The Morgan fingerprint density at radius 1 is 0.727 bits per heavy atom. The minimum Gasteiger partial charge on any atom is -0.444 e. The van der Waals surface area contributed by atoms with E-state index >= 15 is 0 Å². The Hall–Kier alpha value is -3.19. The molecule has 0 aliphatic carbocycles. The van der Waals surface area contributed by atoms with Crippen LogP contribution in [0.1, 0.15) is 50.2 Å². The van der Waals surface area contributed by atoms with Gasteiger partial charge in [0.2, 0.25) is 0 Å². The highest BCUT2D eigenvalue weighted by molar-refractivity contribution is 5.87. The monoisotopic (exact) mass is 455 g/mol. The number of rotatable bonds is 14. The highest BCUT2D eigenvalue weighted by Crippen LogP contribution is 2.10. The van der Waals surface area contributed by atoms with Gasteiger partial charge in [-0.2, -0.15) is 0 Å². The normalized spacial score (nSPS) is 10.5. The first-order valence-corrected chi connectivity index (χ1v) is 11.4. The SMILES string of the molecule is CCCOCCC(=O)CCCCN(C(=O)OCc1ccccc1)C(=O)OCc1ccccc1. The zero-order valence-electron chi connectivity index (χ0n) is 19.2. The second kappa shape index (κ2) is 15.6. The van der Waals surface area contributed by atoms with E-state index in [1.54, 1.807) is 0 Å². The molecule has 0 spiro atoms. The molecule has 0 aromatic heterocycles. The van der Waals surface area contributed by atoms with Crippen molar-refractivity contribution < 1.29 is 28.6 Å². The molecule has 0 atom stereocenters. The van der Waals surface area contributed by atoms with Crippen LogP contribution in [-0.4, -0.2) is 42.6 Å². The first-order chi connectivity index (χ1) is 16.1. The molecular formula is C26H33NO6. The Bertz CT molecular complexity index is 785. The van der Waals surface area contributed by atoms with Crippen molar-refractivity contribution in [3.8, 4) is 0 Å². The van der Waals surface area contributed by atoms with Crippen LogP contribution in [0, 0.1) is 0 Å². The van der Waals surface area contributed by atoms with E-state index in [0.29, 0.717) is 38.9 Å². The Balaban J connectivity index is 1.84. The van der Waals surface area contributed by atoms with E-state index in [9.17, 15) is 14.4 Å². The van der Waals surface area contributed by atoms with Gasteiger partial charge in [0.25, 0.3) is 0 Å². The molecular weight excluding hydrogens is 422 g/mol. The van der Waals surface area contributed by atoms with Crippen molar-refractivity contribution in [3.63, 3.8) is 0 Å². The number of hydrogen-bond acceptors (Lipinski definition) is 6. The predicted molar refractivity (Wildman–Crippen MR) is 125 cm³/mol. The van der Waals surface area contributed by atoms with Gasteiger partial charge in [-0.15, -0.1) is 0 Å². The van der Waals surface area contributed by atoms with Gasteiger partial charge < -0.3 is 14.2 Å². The summed E-state index contributed by atoms with van der Waals surface area (Å²) in [5.41, 5.74) is 1.64. The van der Waals surface area contributed by atoms with Gasteiger partial charge >= 0.3 is 12.2 Å². The maximum absolute atomic E-state index is 12.6. The number of Topliss-reactive ketones (excluding diaryl/α,β-unsaturated/α-hetero) is 1. The van der Waals surface area contributed by atoms with Crippen LogP contribution in [0.3, 0.4) is 0 Å². The summed E-state index contributed by atoms with van der Waals surface area (Å²) in [7, 11) is 0. The maximum Gasteiger partial charge on any atom is 0.419 e. The van der Waals surface area contributed by atoms with E-state index in [4.69, 9.17) is 14.2 Å². The number of unbranched alkanes of at least 4 members (excludes halogenated alkanes) is 1. The van der Waals surface area contributed by atoms with Crippen LogP contribution in [0.4, 0.5) is 9.59 Å². The van der Waals surface area contributed by atoms with Gasteiger partial charge in [0, 0.05) is 26.0 Å². The summed E-state index contributed by atoms with van der Waals surface area (Å²) >= 11 is 0. The molecule has 2 aromatic carbocycles. The number of benzene rings is 2. The maximum atomic E-state index is 12.6. The topological polar surface area (TPSA) is 82.1 Å². The van der Waals surface area contributed by atoms with Crippen LogP contribution in [0.2, 0.25) is 0 Å². The van der Waals surface area contributed by atoms with E-state index in [0.717, 1.165) is 22.4 Å². The second-order valence-electron chi connectivity index (χ2n) is 7.59. The molecule has 7 heteroatoms. The van der Waals surface area contributed by atoms with Gasteiger partial charge in [0.15, 0.2) is 0 Å². The fourth-order valence-corrected chi connectivity index (χ4v) is 3.00.